The van der Waals surface area contributed by atoms with E-state index in [1.807, 2.05) is 50.5 Å². The summed E-state index contributed by atoms with van der Waals surface area (Å²) < 4.78 is 12.9. The van der Waals surface area contributed by atoms with E-state index in [1.165, 1.54) is 0 Å². The van der Waals surface area contributed by atoms with Crippen molar-refractivity contribution < 1.29 is 24.0 Å². The van der Waals surface area contributed by atoms with Gasteiger partial charge in [0.2, 0.25) is 5.69 Å². The van der Waals surface area contributed by atoms with Gasteiger partial charge in [0.25, 0.3) is 0 Å². The zero-order chi connectivity index (χ0) is 26.2. The topological polar surface area (TPSA) is 64.8 Å². The number of allylic oxidation sites excluding steroid dienone is 5. The van der Waals surface area contributed by atoms with Crippen molar-refractivity contribution in [1.82, 2.24) is 0 Å². The van der Waals surface area contributed by atoms with Crippen LogP contribution in [0.25, 0.3) is 0 Å². The van der Waals surface area contributed by atoms with Crippen LogP contribution >= 0.6 is 0 Å². The zero-order valence-electron chi connectivity index (χ0n) is 22.1. The van der Waals surface area contributed by atoms with E-state index >= 15 is 0 Å². The number of ether oxygens (including phenoxy) is 2. The van der Waals surface area contributed by atoms with Crippen LogP contribution in [0.4, 0.5) is 11.4 Å². The Hall–Kier alpha value is -3.80. The molecule has 0 aromatic heterocycles. The SMILES string of the molecule is COc1ccc2c(c1)C(C)(C)C(=CC1=C([O-])C(=CC3=[N+](C)c4ccc(OC)cc4C3(C)C)C1=O)N2C. The summed E-state index contributed by atoms with van der Waals surface area (Å²) in [6.45, 7) is 8.40. The third-order valence-electron chi connectivity index (χ3n) is 8.02. The van der Waals surface area contributed by atoms with E-state index in [1.54, 1.807) is 26.4 Å². The average molecular weight is 485 g/mol. The van der Waals surface area contributed by atoms with E-state index in [9.17, 15) is 9.90 Å². The number of anilines is 1. The van der Waals surface area contributed by atoms with Gasteiger partial charge in [0.1, 0.15) is 18.5 Å². The minimum Gasteiger partial charge on any atom is -0.871 e. The van der Waals surface area contributed by atoms with E-state index in [-0.39, 0.29) is 33.5 Å². The molecule has 0 amide bonds. The number of hydrogen-bond donors (Lipinski definition) is 0. The maximum Gasteiger partial charge on any atom is 0.209 e. The maximum absolute atomic E-state index is 13.3. The largest absolute Gasteiger partial charge is 0.871 e. The van der Waals surface area contributed by atoms with Crippen molar-refractivity contribution in [2.24, 2.45) is 0 Å². The minimum absolute atomic E-state index is 0.213. The highest BCUT2D eigenvalue weighted by molar-refractivity contribution is 6.24. The van der Waals surface area contributed by atoms with Gasteiger partial charge in [0.15, 0.2) is 11.5 Å². The number of rotatable bonds is 4. The summed E-state index contributed by atoms with van der Waals surface area (Å²) in [6, 6.07) is 11.9. The molecule has 0 radical (unpaired) electrons. The van der Waals surface area contributed by atoms with E-state index < -0.39 is 0 Å². The fraction of sp³-hybridized carbons (Fsp3) is 0.333. The lowest BCUT2D eigenvalue weighted by atomic mass is 9.77. The van der Waals surface area contributed by atoms with Crippen molar-refractivity contribution in [1.29, 1.82) is 0 Å². The quantitative estimate of drug-likeness (QED) is 0.482. The van der Waals surface area contributed by atoms with Crippen molar-refractivity contribution in [3.8, 4) is 11.5 Å². The van der Waals surface area contributed by atoms with Crippen LogP contribution in [0.5, 0.6) is 11.5 Å². The molecule has 0 saturated heterocycles. The number of likely N-dealkylation sites (N-methyl/N-ethyl adjacent to an activating group) is 1. The highest BCUT2D eigenvalue weighted by atomic mass is 16.5. The van der Waals surface area contributed by atoms with Crippen LogP contribution in [-0.4, -0.2) is 44.4 Å². The van der Waals surface area contributed by atoms with Crippen molar-refractivity contribution in [3.63, 3.8) is 0 Å². The molecule has 5 rings (SSSR count). The standard InChI is InChI=1S/C30H32N2O4/c1-29(2)21-13-17(35-7)9-11-23(21)31(5)25(29)15-19-27(33)20(28(19)34)16-26-30(3,4)22-14-18(36-8)10-12-24(22)32(26)6/h9-16H,1-8H3. The van der Waals surface area contributed by atoms with Gasteiger partial charge in [0, 0.05) is 52.7 Å². The Morgan fingerprint density at radius 2 is 1.53 bits per heavy atom. The molecule has 1 aliphatic carbocycles. The second-order valence-corrected chi connectivity index (χ2v) is 10.7. The summed E-state index contributed by atoms with van der Waals surface area (Å²) in [6.07, 6.45) is 3.53. The smallest absolute Gasteiger partial charge is 0.209 e. The molecule has 0 atom stereocenters. The highest BCUT2D eigenvalue weighted by Crippen LogP contribution is 2.49. The van der Waals surface area contributed by atoms with Crippen LogP contribution in [-0.2, 0) is 15.6 Å². The monoisotopic (exact) mass is 484 g/mol. The summed E-state index contributed by atoms with van der Waals surface area (Å²) in [5, 5.41) is 13.3. The fourth-order valence-corrected chi connectivity index (χ4v) is 5.77. The van der Waals surface area contributed by atoms with Crippen LogP contribution < -0.4 is 19.5 Å². The van der Waals surface area contributed by atoms with E-state index in [4.69, 9.17) is 9.47 Å². The lowest BCUT2D eigenvalue weighted by Gasteiger charge is -2.32. The second kappa shape index (κ2) is 7.85. The Balaban J connectivity index is 1.53. The zero-order valence-corrected chi connectivity index (χ0v) is 22.1. The number of carbonyl (C=O) groups is 1. The van der Waals surface area contributed by atoms with Crippen LogP contribution in [0.3, 0.4) is 0 Å². The number of fused-ring (bicyclic) bond motifs is 2. The Morgan fingerprint density at radius 1 is 0.917 bits per heavy atom. The number of methoxy groups -OCH3 is 2. The highest BCUT2D eigenvalue weighted by Gasteiger charge is 2.45. The first-order valence-corrected chi connectivity index (χ1v) is 12.1. The van der Waals surface area contributed by atoms with Gasteiger partial charge in [-0.2, -0.15) is 4.58 Å². The maximum atomic E-state index is 13.3. The molecule has 0 bridgehead atoms. The average Bonchev–Trinajstić information content (AvgIpc) is 3.17. The van der Waals surface area contributed by atoms with Crippen LogP contribution in [0.1, 0.15) is 38.8 Å². The summed E-state index contributed by atoms with van der Waals surface area (Å²) in [5.41, 5.74) is 5.81. The van der Waals surface area contributed by atoms with Crippen molar-refractivity contribution >= 4 is 22.9 Å². The lowest BCUT2D eigenvalue weighted by Crippen LogP contribution is -2.34. The Labute approximate surface area is 212 Å². The number of carbonyl (C=O) groups excluding carboxylic acids is 1. The predicted octanol–water partition coefficient (Wildman–Crippen LogP) is 4.14. The molecule has 0 N–H and O–H groups in total. The van der Waals surface area contributed by atoms with Gasteiger partial charge < -0.3 is 19.5 Å². The van der Waals surface area contributed by atoms with Crippen molar-refractivity contribution in [3.05, 3.63) is 82.3 Å². The van der Waals surface area contributed by atoms with Crippen molar-refractivity contribution in [2.75, 3.05) is 33.2 Å². The molecule has 0 unspecified atom stereocenters. The van der Waals surface area contributed by atoms with Crippen LogP contribution in [0.15, 0.2) is 71.2 Å². The molecule has 2 aromatic rings. The van der Waals surface area contributed by atoms with E-state index in [0.29, 0.717) is 0 Å². The Kier molecular flexibility index (Phi) is 5.22. The van der Waals surface area contributed by atoms with Gasteiger partial charge in [0.05, 0.1) is 19.6 Å². The van der Waals surface area contributed by atoms with Crippen molar-refractivity contribution in [2.45, 2.75) is 38.5 Å². The number of ketones is 1. The summed E-state index contributed by atoms with van der Waals surface area (Å²) in [5.74, 6) is 1.14. The minimum atomic E-state index is -0.380. The summed E-state index contributed by atoms with van der Waals surface area (Å²) in [7, 11) is 7.23. The molecule has 0 spiro atoms. The van der Waals surface area contributed by atoms with Gasteiger partial charge >= 0.3 is 0 Å². The number of nitrogens with zero attached hydrogens (tertiary/aromatic N) is 2. The third-order valence-corrected chi connectivity index (χ3v) is 8.02. The van der Waals surface area contributed by atoms with Gasteiger partial charge in [-0.1, -0.05) is 19.6 Å². The van der Waals surface area contributed by atoms with Gasteiger partial charge in [-0.25, -0.2) is 0 Å². The molecular formula is C30H32N2O4. The molecule has 3 aliphatic rings. The Morgan fingerprint density at radius 3 is 2.14 bits per heavy atom. The molecule has 6 heteroatoms. The van der Waals surface area contributed by atoms with Gasteiger partial charge in [-0.15, -0.1) is 0 Å². The number of benzene rings is 2. The molecule has 186 valence electrons. The molecular weight excluding hydrogens is 452 g/mol. The lowest BCUT2D eigenvalue weighted by molar-refractivity contribution is -0.401. The normalized spacial score (nSPS) is 21.8. The first-order chi connectivity index (χ1) is 16.9. The molecule has 2 aromatic carbocycles. The molecule has 0 fully saturated rings. The van der Waals surface area contributed by atoms with Crippen LogP contribution in [0.2, 0.25) is 0 Å². The Bertz CT molecular complexity index is 1450. The summed E-state index contributed by atoms with van der Waals surface area (Å²) in [4.78, 5) is 15.3. The molecule has 6 nitrogen and oxygen atoms in total. The molecule has 0 saturated carbocycles. The van der Waals surface area contributed by atoms with Crippen LogP contribution in [0, 0.1) is 0 Å². The molecule has 36 heavy (non-hydrogen) atoms. The summed E-state index contributed by atoms with van der Waals surface area (Å²) >= 11 is 0. The van der Waals surface area contributed by atoms with E-state index in [0.717, 1.165) is 45.4 Å². The number of hydrogen-bond acceptors (Lipinski definition) is 5. The first-order valence-electron chi connectivity index (χ1n) is 12.1. The fourth-order valence-electron chi connectivity index (χ4n) is 5.77. The van der Waals surface area contributed by atoms with Gasteiger partial charge in [-0.05, 0) is 55.8 Å². The third kappa shape index (κ3) is 3.16. The molecule has 2 heterocycles. The number of Topliss-reactive ketones (excluding diaryl/α,β-unsaturated/α-hetero) is 1. The molecule has 2 aliphatic heterocycles. The first kappa shape index (κ1) is 23.9. The second-order valence-electron chi connectivity index (χ2n) is 10.7. The van der Waals surface area contributed by atoms with Gasteiger partial charge in [-0.3, -0.25) is 4.79 Å². The predicted molar refractivity (Wildman–Crippen MR) is 139 cm³/mol. The van der Waals surface area contributed by atoms with E-state index in [2.05, 4.69) is 37.2 Å².